The van der Waals surface area contributed by atoms with Crippen molar-refractivity contribution in [3.63, 3.8) is 0 Å². The van der Waals surface area contributed by atoms with Gasteiger partial charge in [-0.05, 0) is 24.3 Å². The zero-order valence-electron chi connectivity index (χ0n) is 14.3. The molecular weight excluding hydrogens is 372 g/mol. The highest BCUT2D eigenvalue weighted by Crippen LogP contribution is 2.31. The van der Waals surface area contributed by atoms with Gasteiger partial charge in [0, 0.05) is 6.07 Å². The van der Waals surface area contributed by atoms with Crippen molar-refractivity contribution in [1.29, 1.82) is 0 Å². The van der Waals surface area contributed by atoms with E-state index in [1.54, 1.807) is 30.3 Å². The van der Waals surface area contributed by atoms with Crippen LogP contribution in [0.1, 0.15) is 0 Å². The maximum absolute atomic E-state index is 13.7. The number of amides is 3. The standard InChI is InChI=1S/C18H13F2N5O3/c19-10-6-7-12(20)13(8-10)21-14(26)9-24-16-15(22-23-24)17(27)25(18(16)28)11-4-2-1-3-5-11/h1-8,15-16H,9H2,(H,21,26)/t15-,16-/m1/s1. The van der Waals surface area contributed by atoms with E-state index in [9.17, 15) is 23.2 Å². The number of fused-ring (bicyclic) bond motifs is 1. The van der Waals surface area contributed by atoms with E-state index in [1.165, 1.54) is 0 Å². The van der Waals surface area contributed by atoms with Gasteiger partial charge in [-0.2, -0.15) is 5.11 Å². The topological polar surface area (TPSA) is 94.4 Å². The molecule has 0 aromatic heterocycles. The van der Waals surface area contributed by atoms with Gasteiger partial charge >= 0.3 is 0 Å². The molecule has 28 heavy (non-hydrogen) atoms. The molecule has 2 heterocycles. The first-order valence-electron chi connectivity index (χ1n) is 8.31. The van der Waals surface area contributed by atoms with Crippen LogP contribution >= 0.6 is 0 Å². The Morgan fingerprint density at radius 2 is 1.82 bits per heavy atom. The first-order valence-corrected chi connectivity index (χ1v) is 8.31. The first-order chi connectivity index (χ1) is 13.5. The van der Waals surface area contributed by atoms with Crippen LogP contribution in [0.4, 0.5) is 20.2 Å². The highest BCUT2D eigenvalue weighted by molar-refractivity contribution is 6.25. The van der Waals surface area contributed by atoms with Crippen molar-refractivity contribution < 1.29 is 23.2 Å². The number of carbonyl (C=O) groups is 3. The van der Waals surface area contributed by atoms with Gasteiger partial charge in [0.1, 0.15) is 18.2 Å². The van der Waals surface area contributed by atoms with Gasteiger partial charge in [-0.25, -0.2) is 13.7 Å². The van der Waals surface area contributed by atoms with E-state index in [0.717, 1.165) is 28.1 Å². The van der Waals surface area contributed by atoms with E-state index in [0.29, 0.717) is 5.69 Å². The summed E-state index contributed by atoms with van der Waals surface area (Å²) >= 11 is 0. The Balaban J connectivity index is 1.49. The summed E-state index contributed by atoms with van der Waals surface area (Å²) in [6.07, 6.45) is 0. The lowest BCUT2D eigenvalue weighted by atomic mass is 10.1. The minimum Gasteiger partial charge on any atom is -0.322 e. The van der Waals surface area contributed by atoms with Crippen LogP contribution < -0.4 is 10.2 Å². The summed E-state index contributed by atoms with van der Waals surface area (Å²) in [6, 6.07) is 8.87. The van der Waals surface area contributed by atoms with Crippen LogP contribution in [0.5, 0.6) is 0 Å². The van der Waals surface area contributed by atoms with E-state index in [-0.39, 0.29) is 5.69 Å². The SMILES string of the molecule is O=C(CN1N=N[C@H]2C(=O)N(c3ccccc3)C(=O)[C@@H]21)Nc1cc(F)ccc1F. The van der Waals surface area contributed by atoms with Crippen LogP contribution in [0.2, 0.25) is 0 Å². The number of nitrogens with one attached hydrogen (secondary N) is 1. The number of para-hydroxylation sites is 1. The minimum atomic E-state index is -1.06. The van der Waals surface area contributed by atoms with Gasteiger partial charge in [0.2, 0.25) is 5.91 Å². The average Bonchev–Trinajstić information content (AvgIpc) is 3.19. The molecular formula is C18H13F2N5O3. The second-order valence-electron chi connectivity index (χ2n) is 6.21. The van der Waals surface area contributed by atoms with Crippen LogP contribution in [-0.4, -0.2) is 41.4 Å². The van der Waals surface area contributed by atoms with Crippen molar-refractivity contribution in [2.75, 3.05) is 16.8 Å². The maximum Gasteiger partial charge on any atom is 0.263 e. The second-order valence-corrected chi connectivity index (χ2v) is 6.21. The van der Waals surface area contributed by atoms with Gasteiger partial charge in [-0.15, -0.1) is 0 Å². The van der Waals surface area contributed by atoms with Gasteiger partial charge in [0.15, 0.2) is 12.1 Å². The smallest absolute Gasteiger partial charge is 0.263 e. The third-order valence-corrected chi connectivity index (χ3v) is 4.38. The molecule has 4 rings (SSSR count). The van der Waals surface area contributed by atoms with Crippen molar-refractivity contribution in [1.82, 2.24) is 5.01 Å². The third-order valence-electron chi connectivity index (χ3n) is 4.38. The fraction of sp³-hybridized carbons (Fsp3) is 0.167. The summed E-state index contributed by atoms with van der Waals surface area (Å²) in [4.78, 5) is 38.5. The largest absolute Gasteiger partial charge is 0.322 e. The molecule has 1 fully saturated rings. The van der Waals surface area contributed by atoms with Crippen molar-refractivity contribution in [3.8, 4) is 0 Å². The summed E-state index contributed by atoms with van der Waals surface area (Å²) in [6.45, 7) is -0.456. The van der Waals surface area contributed by atoms with E-state index < -0.39 is 48.0 Å². The lowest BCUT2D eigenvalue weighted by Crippen LogP contribution is -2.43. The highest BCUT2D eigenvalue weighted by atomic mass is 19.1. The lowest BCUT2D eigenvalue weighted by Gasteiger charge is -2.20. The van der Waals surface area contributed by atoms with E-state index >= 15 is 0 Å². The number of rotatable bonds is 4. The summed E-state index contributed by atoms with van der Waals surface area (Å²) in [5.41, 5.74) is 0.0609. The molecule has 1 N–H and O–H groups in total. The summed E-state index contributed by atoms with van der Waals surface area (Å²) in [5, 5.41) is 10.8. The highest BCUT2D eigenvalue weighted by Gasteiger charge is 2.55. The lowest BCUT2D eigenvalue weighted by molar-refractivity contribution is -0.123. The summed E-state index contributed by atoms with van der Waals surface area (Å²) < 4.78 is 26.9. The molecule has 0 radical (unpaired) electrons. The maximum atomic E-state index is 13.7. The minimum absolute atomic E-state index is 0.336. The summed E-state index contributed by atoms with van der Waals surface area (Å²) in [7, 11) is 0. The molecule has 2 aromatic rings. The number of benzene rings is 2. The van der Waals surface area contributed by atoms with Crippen molar-refractivity contribution in [3.05, 3.63) is 60.2 Å². The number of anilines is 2. The van der Waals surface area contributed by atoms with Gasteiger partial charge in [-0.1, -0.05) is 23.4 Å². The molecule has 2 aromatic carbocycles. The number of nitrogens with zero attached hydrogens (tertiary/aromatic N) is 4. The van der Waals surface area contributed by atoms with Gasteiger partial charge in [0.25, 0.3) is 11.8 Å². The molecule has 0 bridgehead atoms. The Bertz CT molecular complexity index is 998. The Morgan fingerprint density at radius 1 is 1.07 bits per heavy atom. The zero-order valence-corrected chi connectivity index (χ0v) is 14.3. The Kier molecular flexibility index (Phi) is 4.30. The monoisotopic (exact) mass is 385 g/mol. The van der Waals surface area contributed by atoms with Crippen LogP contribution in [-0.2, 0) is 14.4 Å². The fourth-order valence-corrected chi connectivity index (χ4v) is 3.12. The Hall–Kier alpha value is -3.69. The van der Waals surface area contributed by atoms with Gasteiger partial charge in [-0.3, -0.25) is 19.4 Å². The molecule has 1 saturated heterocycles. The van der Waals surface area contributed by atoms with Crippen LogP contribution in [0.15, 0.2) is 58.9 Å². The predicted molar refractivity (Wildman–Crippen MR) is 93.1 cm³/mol. The molecule has 0 unspecified atom stereocenters. The van der Waals surface area contributed by atoms with Gasteiger partial charge < -0.3 is 5.32 Å². The van der Waals surface area contributed by atoms with Crippen molar-refractivity contribution in [2.24, 2.45) is 10.3 Å². The third kappa shape index (κ3) is 2.98. The molecule has 0 spiro atoms. The van der Waals surface area contributed by atoms with Gasteiger partial charge in [0.05, 0.1) is 11.4 Å². The van der Waals surface area contributed by atoms with Crippen molar-refractivity contribution in [2.45, 2.75) is 12.1 Å². The molecule has 0 aliphatic carbocycles. The zero-order chi connectivity index (χ0) is 19.8. The number of hydrogen-bond donors (Lipinski definition) is 1. The van der Waals surface area contributed by atoms with Crippen LogP contribution in [0, 0.1) is 11.6 Å². The fourth-order valence-electron chi connectivity index (χ4n) is 3.12. The first kappa shape index (κ1) is 17.7. The molecule has 142 valence electrons. The second kappa shape index (κ2) is 6.80. The Labute approximate surface area is 157 Å². The number of hydrogen-bond acceptors (Lipinski definition) is 6. The summed E-state index contributed by atoms with van der Waals surface area (Å²) in [5.74, 6) is -3.35. The molecule has 2 atom stereocenters. The molecule has 2 aliphatic heterocycles. The molecule has 8 nitrogen and oxygen atoms in total. The molecule has 3 amide bonds. The quantitative estimate of drug-likeness (QED) is 0.814. The van der Waals surface area contributed by atoms with E-state index in [2.05, 4.69) is 15.7 Å². The van der Waals surface area contributed by atoms with Crippen LogP contribution in [0.25, 0.3) is 0 Å². The van der Waals surface area contributed by atoms with Crippen molar-refractivity contribution >= 4 is 29.1 Å². The van der Waals surface area contributed by atoms with E-state index in [1.807, 2.05) is 0 Å². The Morgan fingerprint density at radius 3 is 2.57 bits per heavy atom. The molecule has 2 aliphatic rings. The number of carbonyl (C=O) groups excluding carboxylic acids is 3. The number of imide groups is 1. The van der Waals surface area contributed by atoms with E-state index in [4.69, 9.17) is 0 Å². The normalized spacial score (nSPS) is 20.6. The predicted octanol–water partition coefficient (Wildman–Crippen LogP) is 1.90. The molecule has 10 heteroatoms. The average molecular weight is 385 g/mol. The molecule has 0 saturated carbocycles. The number of halogens is 2. The van der Waals surface area contributed by atoms with Crippen LogP contribution in [0.3, 0.4) is 0 Å².